The predicted molar refractivity (Wildman–Crippen MR) is 78.3 cm³/mol. The average molecular weight is 278 g/mol. The standard InChI is InChI=1S/C15H26N4O/c1-2-5-17-15(12-20,13-3-4-13)11-18-8-9-19-7-6-16-14(19)10-18/h6-7,13,17,20H,2-5,8-12H2,1H3. The second-order valence-electron chi connectivity index (χ2n) is 6.26. The summed E-state index contributed by atoms with van der Waals surface area (Å²) >= 11 is 0. The molecule has 0 amide bonds. The number of rotatable bonds is 7. The van der Waals surface area contributed by atoms with Gasteiger partial charge in [0.2, 0.25) is 0 Å². The van der Waals surface area contributed by atoms with Gasteiger partial charge in [-0.1, -0.05) is 6.92 Å². The van der Waals surface area contributed by atoms with Crippen molar-refractivity contribution in [2.24, 2.45) is 5.92 Å². The smallest absolute Gasteiger partial charge is 0.122 e. The Kier molecular flexibility index (Phi) is 4.10. The molecule has 0 saturated heterocycles. The number of hydrogen-bond donors (Lipinski definition) is 2. The SMILES string of the molecule is CCCNC(CO)(CN1CCn2ccnc2C1)C1CC1. The van der Waals surface area contributed by atoms with Crippen molar-refractivity contribution in [3.63, 3.8) is 0 Å². The third-order valence-electron chi connectivity index (χ3n) is 4.70. The summed E-state index contributed by atoms with van der Waals surface area (Å²) in [5.41, 5.74) is -0.106. The van der Waals surface area contributed by atoms with E-state index in [9.17, 15) is 5.11 Å². The number of nitrogens with zero attached hydrogens (tertiary/aromatic N) is 3. The molecule has 0 aromatic carbocycles. The number of aliphatic hydroxyl groups is 1. The molecule has 0 bridgehead atoms. The zero-order valence-corrected chi connectivity index (χ0v) is 12.4. The van der Waals surface area contributed by atoms with Crippen LogP contribution in [-0.2, 0) is 13.1 Å². The molecule has 5 nitrogen and oxygen atoms in total. The Morgan fingerprint density at radius 1 is 1.45 bits per heavy atom. The molecule has 0 radical (unpaired) electrons. The molecule has 2 heterocycles. The van der Waals surface area contributed by atoms with Gasteiger partial charge in [-0.05, 0) is 31.7 Å². The Balaban J connectivity index is 1.67. The Labute approximate surface area is 121 Å². The van der Waals surface area contributed by atoms with Crippen LogP contribution >= 0.6 is 0 Å². The molecule has 5 heteroatoms. The van der Waals surface area contributed by atoms with Gasteiger partial charge in [0.15, 0.2) is 0 Å². The van der Waals surface area contributed by atoms with Crippen molar-refractivity contribution in [1.29, 1.82) is 0 Å². The molecule has 1 aromatic heterocycles. The molecular formula is C15H26N4O. The van der Waals surface area contributed by atoms with Crippen molar-refractivity contribution in [3.8, 4) is 0 Å². The maximum atomic E-state index is 9.99. The third-order valence-corrected chi connectivity index (χ3v) is 4.70. The lowest BCUT2D eigenvalue weighted by Crippen LogP contribution is -2.59. The summed E-state index contributed by atoms with van der Waals surface area (Å²) in [6.45, 7) is 7.29. The molecule has 112 valence electrons. The van der Waals surface area contributed by atoms with Gasteiger partial charge in [0.1, 0.15) is 5.82 Å². The molecule has 2 N–H and O–H groups in total. The van der Waals surface area contributed by atoms with Gasteiger partial charge in [-0.2, -0.15) is 0 Å². The second kappa shape index (κ2) is 5.84. The fourth-order valence-electron chi connectivity index (χ4n) is 3.33. The Morgan fingerprint density at radius 2 is 2.30 bits per heavy atom. The summed E-state index contributed by atoms with van der Waals surface area (Å²) in [5.74, 6) is 1.79. The van der Waals surface area contributed by atoms with Gasteiger partial charge in [0, 0.05) is 32.0 Å². The van der Waals surface area contributed by atoms with Crippen LogP contribution in [0, 0.1) is 5.92 Å². The zero-order chi connectivity index (χ0) is 14.0. The first-order valence-electron chi connectivity index (χ1n) is 7.85. The van der Waals surface area contributed by atoms with Crippen molar-refractivity contribution in [2.75, 3.05) is 26.2 Å². The van der Waals surface area contributed by atoms with Gasteiger partial charge in [-0.3, -0.25) is 4.90 Å². The molecular weight excluding hydrogens is 252 g/mol. The molecule has 1 atom stereocenters. The Morgan fingerprint density at radius 3 is 3.00 bits per heavy atom. The number of aromatic nitrogens is 2. The van der Waals surface area contributed by atoms with E-state index in [0.717, 1.165) is 45.0 Å². The summed E-state index contributed by atoms with van der Waals surface area (Å²) in [6.07, 6.45) is 7.55. The molecule has 3 rings (SSSR count). The van der Waals surface area contributed by atoms with E-state index >= 15 is 0 Å². The largest absolute Gasteiger partial charge is 0.394 e. The highest BCUT2D eigenvalue weighted by atomic mass is 16.3. The molecule has 1 aliphatic carbocycles. The zero-order valence-electron chi connectivity index (χ0n) is 12.4. The fourth-order valence-corrected chi connectivity index (χ4v) is 3.33. The highest BCUT2D eigenvalue weighted by Crippen LogP contribution is 2.40. The van der Waals surface area contributed by atoms with Crippen LogP contribution in [0.25, 0.3) is 0 Å². The van der Waals surface area contributed by atoms with Crippen LogP contribution in [0.2, 0.25) is 0 Å². The lowest BCUT2D eigenvalue weighted by Gasteiger charge is -2.40. The van der Waals surface area contributed by atoms with Crippen LogP contribution in [0.3, 0.4) is 0 Å². The second-order valence-corrected chi connectivity index (χ2v) is 6.26. The first kappa shape index (κ1) is 14.0. The number of hydrogen-bond acceptors (Lipinski definition) is 4. The van der Waals surface area contributed by atoms with Gasteiger partial charge in [0.25, 0.3) is 0 Å². The summed E-state index contributed by atoms with van der Waals surface area (Å²) in [6, 6.07) is 0. The average Bonchev–Trinajstić information content (AvgIpc) is 3.22. The van der Waals surface area contributed by atoms with E-state index in [1.807, 2.05) is 6.20 Å². The maximum Gasteiger partial charge on any atom is 0.122 e. The molecule has 1 unspecified atom stereocenters. The summed E-state index contributed by atoms with van der Waals surface area (Å²) in [5, 5.41) is 13.6. The van der Waals surface area contributed by atoms with Gasteiger partial charge < -0.3 is 15.0 Å². The summed E-state index contributed by atoms with van der Waals surface area (Å²) in [4.78, 5) is 6.87. The van der Waals surface area contributed by atoms with Crippen molar-refractivity contribution < 1.29 is 5.11 Å². The van der Waals surface area contributed by atoms with Gasteiger partial charge in [-0.15, -0.1) is 0 Å². The van der Waals surface area contributed by atoms with Crippen LogP contribution in [-0.4, -0.2) is 51.3 Å². The number of nitrogens with one attached hydrogen (secondary N) is 1. The van der Waals surface area contributed by atoms with Crippen molar-refractivity contribution >= 4 is 0 Å². The van der Waals surface area contributed by atoms with Crippen LogP contribution in [0.5, 0.6) is 0 Å². The number of fused-ring (bicyclic) bond motifs is 1. The van der Waals surface area contributed by atoms with E-state index in [2.05, 4.69) is 32.9 Å². The van der Waals surface area contributed by atoms with E-state index < -0.39 is 0 Å². The minimum absolute atomic E-state index is 0.106. The van der Waals surface area contributed by atoms with E-state index in [-0.39, 0.29) is 12.1 Å². The monoisotopic (exact) mass is 278 g/mol. The lowest BCUT2D eigenvalue weighted by molar-refractivity contribution is 0.0775. The van der Waals surface area contributed by atoms with Crippen LogP contribution in [0.4, 0.5) is 0 Å². The van der Waals surface area contributed by atoms with Crippen molar-refractivity contribution in [1.82, 2.24) is 19.8 Å². The van der Waals surface area contributed by atoms with Gasteiger partial charge in [0.05, 0.1) is 18.7 Å². The predicted octanol–water partition coefficient (Wildman–Crippen LogP) is 0.839. The highest BCUT2D eigenvalue weighted by Gasteiger charge is 2.45. The van der Waals surface area contributed by atoms with Crippen LogP contribution < -0.4 is 5.32 Å². The molecule has 1 fully saturated rings. The van der Waals surface area contributed by atoms with Crippen molar-refractivity contribution in [3.05, 3.63) is 18.2 Å². The summed E-state index contributed by atoms with van der Waals surface area (Å²) in [7, 11) is 0. The van der Waals surface area contributed by atoms with Crippen LogP contribution in [0.15, 0.2) is 12.4 Å². The highest BCUT2D eigenvalue weighted by molar-refractivity contribution is 5.04. The first-order chi connectivity index (χ1) is 9.77. The molecule has 1 saturated carbocycles. The maximum absolute atomic E-state index is 9.99. The normalized spacial score (nSPS) is 22.5. The van der Waals surface area contributed by atoms with E-state index in [0.29, 0.717) is 5.92 Å². The van der Waals surface area contributed by atoms with Gasteiger partial charge >= 0.3 is 0 Å². The molecule has 0 spiro atoms. The van der Waals surface area contributed by atoms with E-state index in [4.69, 9.17) is 0 Å². The minimum Gasteiger partial charge on any atom is -0.394 e. The Hall–Kier alpha value is -0.910. The van der Waals surface area contributed by atoms with Crippen LogP contribution in [0.1, 0.15) is 32.0 Å². The number of aliphatic hydroxyl groups excluding tert-OH is 1. The molecule has 2 aliphatic rings. The molecule has 20 heavy (non-hydrogen) atoms. The quantitative estimate of drug-likeness (QED) is 0.776. The number of imidazole rings is 1. The molecule has 1 aromatic rings. The fraction of sp³-hybridized carbons (Fsp3) is 0.800. The van der Waals surface area contributed by atoms with Gasteiger partial charge in [-0.25, -0.2) is 4.98 Å². The first-order valence-corrected chi connectivity index (χ1v) is 7.85. The Bertz CT molecular complexity index is 443. The molecule has 1 aliphatic heterocycles. The summed E-state index contributed by atoms with van der Waals surface area (Å²) < 4.78 is 2.23. The van der Waals surface area contributed by atoms with E-state index in [1.165, 1.54) is 12.8 Å². The topological polar surface area (TPSA) is 53.3 Å². The third kappa shape index (κ3) is 2.75. The lowest BCUT2D eigenvalue weighted by atomic mass is 9.92. The van der Waals surface area contributed by atoms with Crippen molar-refractivity contribution in [2.45, 2.75) is 44.8 Å². The minimum atomic E-state index is -0.106. The van der Waals surface area contributed by atoms with E-state index in [1.54, 1.807) is 0 Å².